The molecule has 0 saturated heterocycles. The van der Waals surface area contributed by atoms with E-state index in [2.05, 4.69) is 10.3 Å². The predicted octanol–water partition coefficient (Wildman–Crippen LogP) is 3.11. The predicted molar refractivity (Wildman–Crippen MR) is 93.6 cm³/mol. The van der Waals surface area contributed by atoms with E-state index in [1.165, 1.54) is 4.68 Å². The summed E-state index contributed by atoms with van der Waals surface area (Å²) in [6.07, 6.45) is 1.68. The van der Waals surface area contributed by atoms with Gasteiger partial charge in [-0.3, -0.25) is 4.79 Å². The third kappa shape index (κ3) is 2.89. The Kier molecular flexibility index (Phi) is 3.78. The van der Waals surface area contributed by atoms with Crippen LogP contribution in [0.5, 0.6) is 5.75 Å². The van der Waals surface area contributed by atoms with Crippen molar-refractivity contribution in [3.63, 3.8) is 0 Å². The van der Waals surface area contributed by atoms with Gasteiger partial charge in [-0.1, -0.05) is 23.4 Å². The molecule has 4 aromatic rings. The van der Waals surface area contributed by atoms with Crippen LogP contribution in [0.2, 0.25) is 0 Å². The first-order chi connectivity index (χ1) is 12.2. The minimum atomic E-state index is -0.152. The lowest BCUT2D eigenvalue weighted by Gasteiger charge is -2.03. The zero-order valence-electron chi connectivity index (χ0n) is 13.5. The number of hydrogen-bond donors (Lipinski definition) is 0. The monoisotopic (exact) mass is 333 g/mol. The fraction of sp³-hybridized carbons (Fsp3) is 0.105. The van der Waals surface area contributed by atoms with Crippen LogP contribution < -0.4 is 10.3 Å². The summed E-state index contributed by atoms with van der Waals surface area (Å²) in [4.78, 5) is 12.5. The summed E-state index contributed by atoms with van der Waals surface area (Å²) in [5.74, 6) is 1.34. The van der Waals surface area contributed by atoms with E-state index >= 15 is 0 Å². The van der Waals surface area contributed by atoms with Gasteiger partial charge in [0.2, 0.25) is 0 Å². The number of rotatable bonds is 4. The number of benzene rings is 2. The van der Waals surface area contributed by atoms with Crippen molar-refractivity contribution < 1.29 is 9.26 Å². The minimum Gasteiger partial charge on any atom is -0.497 e. The molecule has 0 radical (unpaired) electrons. The average molecular weight is 333 g/mol. The molecule has 6 heteroatoms. The summed E-state index contributed by atoms with van der Waals surface area (Å²) in [6.45, 7) is 0.229. The Morgan fingerprint density at radius 2 is 1.92 bits per heavy atom. The second kappa shape index (κ2) is 6.24. The van der Waals surface area contributed by atoms with Gasteiger partial charge in [0, 0.05) is 17.0 Å². The molecule has 0 unspecified atom stereocenters. The molecule has 2 heterocycles. The van der Waals surface area contributed by atoms with Gasteiger partial charge in [0.05, 0.1) is 18.7 Å². The zero-order valence-corrected chi connectivity index (χ0v) is 13.5. The third-order valence-electron chi connectivity index (χ3n) is 4.01. The van der Waals surface area contributed by atoms with Gasteiger partial charge in [0.25, 0.3) is 5.56 Å². The van der Waals surface area contributed by atoms with Crippen molar-refractivity contribution in [2.24, 2.45) is 0 Å². The van der Waals surface area contributed by atoms with Crippen LogP contribution in [0.1, 0.15) is 5.76 Å². The van der Waals surface area contributed by atoms with E-state index in [0.29, 0.717) is 16.8 Å². The zero-order chi connectivity index (χ0) is 17.2. The second-order valence-electron chi connectivity index (χ2n) is 5.60. The fourth-order valence-corrected chi connectivity index (χ4v) is 2.67. The van der Waals surface area contributed by atoms with E-state index in [9.17, 15) is 4.79 Å². The molecule has 0 bridgehead atoms. The van der Waals surface area contributed by atoms with E-state index in [-0.39, 0.29) is 12.1 Å². The summed E-state index contributed by atoms with van der Waals surface area (Å²) in [7, 11) is 1.62. The van der Waals surface area contributed by atoms with Gasteiger partial charge < -0.3 is 9.26 Å². The first-order valence-corrected chi connectivity index (χ1v) is 7.79. The Labute approximate surface area is 143 Å². The number of fused-ring (bicyclic) bond motifs is 1. The average Bonchev–Trinajstić information content (AvgIpc) is 3.13. The summed E-state index contributed by atoms with van der Waals surface area (Å²) < 4.78 is 11.9. The van der Waals surface area contributed by atoms with Crippen LogP contribution >= 0.6 is 0 Å². The molecule has 0 N–H and O–H groups in total. The highest BCUT2D eigenvalue weighted by molar-refractivity contribution is 5.80. The highest BCUT2D eigenvalue weighted by Crippen LogP contribution is 2.22. The topological polar surface area (TPSA) is 70.2 Å². The van der Waals surface area contributed by atoms with Crippen molar-refractivity contribution >= 4 is 10.8 Å². The highest BCUT2D eigenvalue weighted by Gasteiger charge is 2.10. The van der Waals surface area contributed by atoms with Gasteiger partial charge in [0.1, 0.15) is 18.0 Å². The molecule has 124 valence electrons. The van der Waals surface area contributed by atoms with Gasteiger partial charge in [-0.15, -0.1) is 0 Å². The third-order valence-corrected chi connectivity index (χ3v) is 4.01. The van der Waals surface area contributed by atoms with Crippen LogP contribution in [-0.2, 0) is 6.54 Å². The first kappa shape index (κ1) is 15.1. The molecule has 2 aromatic carbocycles. The van der Waals surface area contributed by atoms with Crippen LogP contribution in [-0.4, -0.2) is 22.0 Å². The lowest BCUT2D eigenvalue weighted by atomic mass is 10.1. The van der Waals surface area contributed by atoms with E-state index in [0.717, 1.165) is 16.7 Å². The Hall–Kier alpha value is -3.41. The molecule has 4 rings (SSSR count). The van der Waals surface area contributed by atoms with Gasteiger partial charge in [0.15, 0.2) is 5.76 Å². The molecular weight excluding hydrogens is 318 g/mol. The molecule has 0 aliphatic heterocycles. The number of nitrogens with zero attached hydrogens (tertiary/aromatic N) is 3. The maximum Gasteiger partial charge on any atom is 0.275 e. The normalized spacial score (nSPS) is 10.9. The SMILES string of the molecule is COc1ccc(-c2cc(Cn3ncc4ccccc4c3=O)on2)cc1. The number of hydrogen-bond acceptors (Lipinski definition) is 5. The maximum atomic E-state index is 12.5. The van der Waals surface area contributed by atoms with Gasteiger partial charge in [-0.25, -0.2) is 4.68 Å². The Bertz CT molecular complexity index is 1080. The molecule has 0 aliphatic rings. The van der Waals surface area contributed by atoms with E-state index in [1.807, 2.05) is 48.5 Å². The highest BCUT2D eigenvalue weighted by atomic mass is 16.5. The Morgan fingerprint density at radius 3 is 2.72 bits per heavy atom. The van der Waals surface area contributed by atoms with Gasteiger partial charge in [-0.05, 0) is 30.3 Å². The largest absolute Gasteiger partial charge is 0.497 e. The van der Waals surface area contributed by atoms with Crippen molar-refractivity contribution in [2.45, 2.75) is 6.54 Å². The van der Waals surface area contributed by atoms with Crippen molar-refractivity contribution in [3.8, 4) is 17.0 Å². The number of aromatic nitrogens is 3. The molecule has 6 nitrogen and oxygen atoms in total. The van der Waals surface area contributed by atoms with Gasteiger partial charge >= 0.3 is 0 Å². The smallest absolute Gasteiger partial charge is 0.275 e. The van der Waals surface area contributed by atoms with Crippen LogP contribution in [0.15, 0.2) is 70.1 Å². The summed E-state index contributed by atoms with van der Waals surface area (Å²) in [5.41, 5.74) is 1.46. The Morgan fingerprint density at radius 1 is 1.12 bits per heavy atom. The molecule has 0 fully saturated rings. The van der Waals surface area contributed by atoms with Crippen molar-refractivity contribution in [2.75, 3.05) is 7.11 Å². The van der Waals surface area contributed by atoms with Crippen LogP contribution in [0, 0.1) is 0 Å². The molecule has 0 spiro atoms. The number of ether oxygens (including phenoxy) is 1. The minimum absolute atomic E-state index is 0.152. The lowest BCUT2D eigenvalue weighted by molar-refractivity contribution is 0.370. The summed E-state index contributed by atoms with van der Waals surface area (Å²) >= 11 is 0. The maximum absolute atomic E-state index is 12.5. The van der Waals surface area contributed by atoms with Crippen LogP contribution in [0.3, 0.4) is 0 Å². The molecule has 0 atom stereocenters. The Balaban J connectivity index is 1.63. The molecule has 0 amide bonds. The molecule has 2 aromatic heterocycles. The molecule has 25 heavy (non-hydrogen) atoms. The molecule has 0 saturated carbocycles. The van der Waals surface area contributed by atoms with Crippen LogP contribution in [0.25, 0.3) is 22.0 Å². The molecular formula is C19H15N3O3. The lowest BCUT2D eigenvalue weighted by Crippen LogP contribution is -2.23. The standard InChI is InChI=1S/C19H15N3O3/c1-24-15-8-6-13(7-9-15)18-10-16(25-21-18)12-22-19(23)17-5-3-2-4-14(17)11-20-22/h2-11H,12H2,1H3. The summed E-state index contributed by atoms with van der Waals surface area (Å²) in [6, 6.07) is 16.7. The second-order valence-corrected chi connectivity index (χ2v) is 5.60. The summed E-state index contributed by atoms with van der Waals surface area (Å²) in [5, 5.41) is 9.73. The van der Waals surface area contributed by atoms with E-state index in [4.69, 9.17) is 9.26 Å². The van der Waals surface area contributed by atoms with Crippen LogP contribution in [0.4, 0.5) is 0 Å². The van der Waals surface area contributed by atoms with Crippen molar-refractivity contribution in [1.82, 2.24) is 14.9 Å². The van der Waals surface area contributed by atoms with Gasteiger partial charge in [-0.2, -0.15) is 5.10 Å². The fourth-order valence-electron chi connectivity index (χ4n) is 2.67. The van der Waals surface area contributed by atoms with E-state index < -0.39 is 0 Å². The van der Waals surface area contributed by atoms with Crippen molar-refractivity contribution in [3.05, 3.63) is 76.9 Å². The first-order valence-electron chi connectivity index (χ1n) is 7.79. The quantitative estimate of drug-likeness (QED) is 0.574. The number of methoxy groups -OCH3 is 1. The van der Waals surface area contributed by atoms with Crippen molar-refractivity contribution in [1.29, 1.82) is 0 Å². The molecule has 0 aliphatic carbocycles. The van der Waals surface area contributed by atoms with E-state index in [1.54, 1.807) is 19.4 Å².